The summed E-state index contributed by atoms with van der Waals surface area (Å²) in [5.41, 5.74) is 2.04. The van der Waals surface area contributed by atoms with Gasteiger partial charge in [0, 0.05) is 24.3 Å². The summed E-state index contributed by atoms with van der Waals surface area (Å²) < 4.78 is 36.0. The minimum Gasteiger partial charge on any atom is -0.326 e. The maximum absolute atomic E-state index is 13.2. The number of hydrogen-bond donors (Lipinski definition) is 1. The third kappa shape index (κ3) is 3.98. The molecule has 3 aromatic rings. The van der Waals surface area contributed by atoms with Gasteiger partial charge in [-0.1, -0.05) is 6.07 Å². The summed E-state index contributed by atoms with van der Waals surface area (Å²) in [6.45, 7) is 1.94. The number of nitrogens with one attached hydrogen (secondary N) is 1. The molecule has 1 aromatic heterocycles. The van der Waals surface area contributed by atoms with E-state index in [9.17, 15) is 18.0 Å². The van der Waals surface area contributed by atoms with Gasteiger partial charge in [-0.2, -0.15) is 13.1 Å². The van der Waals surface area contributed by atoms with Crippen LogP contribution in [0.5, 0.6) is 0 Å². The van der Waals surface area contributed by atoms with E-state index in [4.69, 9.17) is 0 Å². The lowest BCUT2D eigenvalue weighted by Crippen LogP contribution is -2.43. The van der Waals surface area contributed by atoms with Crippen molar-refractivity contribution in [1.82, 2.24) is 13.1 Å². The van der Waals surface area contributed by atoms with Crippen molar-refractivity contribution in [2.24, 2.45) is 5.92 Å². The minimum absolute atomic E-state index is 0.0497. The molecule has 4 rings (SSSR count). The topological polar surface area (TPSA) is 109 Å². The molecule has 1 fully saturated rings. The smallest absolute Gasteiger partial charge is 0.245 e. The molecule has 1 unspecified atom stereocenters. The van der Waals surface area contributed by atoms with Gasteiger partial charge in [0.15, 0.2) is 5.78 Å². The van der Waals surface area contributed by atoms with Crippen molar-refractivity contribution in [3.05, 3.63) is 48.0 Å². The third-order valence-electron chi connectivity index (χ3n) is 5.18. The highest BCUT2D eigenvalue weighted by molar-refractivity contribution is 7.89. The molecule has 8 nitrogen and oxygen atoms in total. The Bertz CT molecular complexity index is 1210. The lowest BCUT2D eigenvalue weighted by atomic mass is 9.98. The number of ketones is 1. The molecule has 1 saturated heterocycles. The van der Waals surface area contributed by atoms with Crippen LogP contribution >= 0.6 is 11.7 Å². The van der Waals surface area contributed by atoms with Gasteiger partial charge in [0.25, 0.3) is 0 Å². The second-order valence-electron chi connectivity index (χ2n) is 7.21. The van der Waals surface area contributed by atoms with E-state index in [0.717, 1.165) is 11.7 Å². The summed E-state index contributed by atoms with van der Waals surface area (Å²) in [6, 6.07) is 11.5. The zero-order valence-electron chi connectivity index (χ0n) is 16.2. The molecule has 0 spiro atoms. The van der Waals surface area contributed by atoms with E-state index in [1.165, 1.54) is 17.3 Å². The summed E-state index contributed by atoms with van der Waals surface area (Å²) in [4.78, 5) is 24.2. The van der Waals surface area contributed by atoms with Crippen molar-refractivity contribution in [3.63, 3.8) is 0 Å². The molecule has 0 saturated carbocycles. The largest absolute Gasteiger partial charge is 0.326 e. The first kappa shape index (κ1) is 20.6. The summed E-state index contributed by atoms with van der Waals surface area (Å²) in [6.07, 6.45) is 1.19. The number of fused-ring (bicyclic) bond motifs is 1. The second kappa shape index (κ2) is 8.21. The number of hydrogen-bond acceptors (Lipinski definition) is 7. The van der Waals surface area contributed by atoms with Gasteiger partial charge in [-0.15, -0.1) is 0 Å². The van der Waals surface area contributed by atoms with E-state index in [1.807, 2.05) is 0 Å². The fourth-order valence-corrected chi connectivity index (χ4v) is 5.81. The Morgan fingerprint density at radius 2 is 1.90 bits per heavy atom. The zero-order valence-corrected chi connectivity index (χ0v) is 17.9. The Labute approximate surface area is 178 Å². The van der Waals surface area contributed by atoms with Crippen LogP contribution in [0.2, 0.25) is 0 Å². The molecule has 0 bridgehead atoms. The molecule has 1 atom stereocenters. The fourth-order valence-electron chi connectivity index (χ4n) is 3.54. The Balaban J connectivity index is 1.50. The zero-order chi connectivity index (χ0) is 21.3. The molecule has 2 heterocycles. The number of rotatable bonds is 5. The predicted octanol–water partition coefficient (Wildman–Crippen LogP) is 2.93. The highest BCUT2D eigenvalue weighted by Gasteiger charge is 2.34. The van der Waals surface area contributed by atoms with E-state index in [-0.39, 0.29) is 23.1 Å². The Morgan fingerprint density at radius 3 is 2.63 bits per heavy atom. The molecule has 1 aliphatic heterocycles. The van der Waals surface area contributed by atoms with Crippen LogP contribution in [0.4, 0.5) is 5.69 Å². The van der Waals surface area contributed by atoms with Crippen molar-refractivity contribution in [1.29, 1.82) is 0 Å². The lowest BCUT2D eigenvalue weighted by Gasteiger charge is -2.31. The maximum Gasteiger partial charge on any atom is 0.245 e. The van der Waals surface area contributed by atoms with Crippen LogP contribution in [-0.2, 0) is 14.8 Å². The Kier molecular flexibility index (Phi) is 5.63. The molecule has 1 N–H and O–H groups in total. The number of nitrogens with zero attached hydrogens (tertiary/aromatic N) is 3. The molecule has 30 heavy (non-hydrogen) atoms. The fraction of sp³-hybridized carbons (Fsp3) is 0.300. The number of carbonyl (C=O) groups is 2. The van der Waals surface area contributed by atoms with E-state index in [1.54, 1.807) is 36.4 Å². The van der Waals surface area contributed by atoms with Crippen LogP contribution in [0.1, 0.15) is 30.1 Å². The summed E-state index contributed by atoms with van der Waals surface area (Å²) >= 11 is 0.971. The summed E-state index contributed by atoms with van der Waals surface area (Å²) in [5.74, 6) is -0.751. The molecular formula is C20H20N4O4S2. The third-order valence-corrected chi connectivity index (χ3v) is 7.62. The van der Waals surface area contributed by atoms with Crippen molar-refractivity contribution < 1.29 is 18.0 Å². The number of piperidine rings is 1. The van der Waals surface area contributed by atoms with Gasteiger partial charge in [-0.3, -0.25) is 9.59 Å². The number of aromatic nitrogens is 2. The number of Topliss-reactive ketones (excluding diaryl/α,β-unsaturated/α-hetero) is 1. The van der Waals surface area contributed by atoms with Gasteiger partial charge in [0.05, 0.1) is 17.6 Å². The number of amides is 1. The highest BCUT2D eigenvalue weighted by Crippen LogP contribution is 2.28. The number of sulfonamides is 1. The molecule has 1 amide bonds. The van der Waals surface area contributed by atoms with Crippen LogP contribution < -0.4 is 5.32 Å². The molecule has 0 aliphatic carbocycles. The lowest BCUT2D eigenvalue weighted by molar-refractivity contribution is -0.120. The quantitative estimate of drug-likeness (QED) is 0.606. The first-order valence-electron chi connectivity index (χ1n) is 9.49. The van der Waals surface area contributed by atoms with Gasteiger partial charge in [0.2, 0.25) is 15.9 Å². The van der Waals surface area contributed by atoms with Crippen molar-refractivity contribution in [3.8, 4) is 0 Å². The average molecular weight is 445 g/mol. The second-order valence-corrected chi connectivity index (χ2v) is 9.65. The summed E-state index contributed by atoms with van der Waals surface area (Å²) in [5, 5.41) is 2.82. The van der Waals surface area contributed by atoms with E-state index < -0.39 is 15.9 Å². The van der Waals surface area contributed by atoms with E-state index in [0.29, 0.717) is 41.7 Å². The van der Waals surface area contributed by atoms with E-state index >= 15 is 0 Å². The molecule has 156 valence electrons. The van der Waals surface area contributed by atoms with Crippen LogP contribution in [-0.4, -0.2) is 46.3 Å². The highest BCUT2D eigenvalue weighted by atomic mass is 32.2. The summed E-state index contributed by atoms with van der Waals surface area (Å²) in [7, 11) is -3.79. The number of carbonyl (C=O) groups excluding carboxylic acids is 2. The average Bonchev–Trinajstić information content (AvgIpc) is 3.23. The van der Waals surface area contributed by atoms with Gasteiger partial charge >= 0.3 is 0 Å². The van der Waals surface area contributed by atoms with Gasteiger partial charge in [-0.25, -0.2) is 8.42 Å². The van der Waals surface area contributed by atoms with Crippen LogP contribution in [0, 0.1) is 5.92 Å². The first-order chi connectivity index (χ1) is 14.4. The van der Waals surface area contributed by atoms with Crippen molar-refractivity contribution in [2.45, 2.75) is 24.7 Å². The van der Waals surface area contributed by atoms with Crippen LogP contribution in [0.25, 0.3) is 11.0 Å². The molecule has 10 heteroatoms. The molecule has 0 radical (unpaired) electrons. The molecular weight excluding hydrogens is 424 g/mol. The minimum atomic E-state index is -3.79. The van der Waals surface area contributed by atoms with Gasteiger partial charge in [-0.05, 0) is 56.2 Å². The Hall–Kier alpha value is -2.69. The van der Waals surface area contributed by atoms with Crippen molar-refractivity contribution >= 4 is 50.2 Å². The Morgan fingerprint density at radius 1 is 1.13 bits per heavy atom. The SMILES string of the molecule is CC(=O)c1ccc(NC(=O)C2CCCN(S(=O)(=O)c3cccc4nsnc34)C2)cc1. The maximum atomic E-state index is 13.2. The van der Waals surface area contributed by atoms with Gasteiger partial charge < -0.3 is 5.32 Å². The molecule has 2 aromatic carbocycles. The predicted molar refractivity (Wildman–Crippen MR) is 114 cm³/mol. The standard InChI is InChI=1S/C20H20N4O4S2/c1-13(25)14-7-9-16(10-8-14)21-20(26)15-4-3-11-24(12-15)30(27,28)18-6-2-5-17-19(18)23-29-22-17/h2,5-10,15H,3-4,11-12H2,1H3,(H,21,26). The van der Waals surface area contributed by atoms with Gasteiger partial charge in [0.1, 0.15) is 15.9 Å². The molecule has 1 aliphatic rings. The van der Waals surface area contributed by atoms with Crippen LogP contribution in [0.3, 0.4) is 0 Å². The van der Waals surface area contributed by atoms with Crippen LogP contribution in [0.15, 0.2) is 47.4 Å². The number of benzene rings is 2. The number of anilines is 1. The monoisotopic (exact) mass is 444 g/mol. The van der Waals surface area contributed by atoms with E-state index in [2.05, 4.69) is 14.1 Å². The van der Waals surface area contributed by atoms with Crippen molar-refractivity contribution in [2.75, 3.05) is 18.4 Å². The normalized spacial score (nSPS) is 17.7. The first-order valence-corrected chi connectivity index (χ1v) is 11.7.